The van der Waals surface area contributed by atoms with Gasteiger partial charge in [0.05, 0.1) is 13.0 Å². The van der Waals surface area contributed by atoms with E-state index in [-0.39, 0.29) is 17.3 Å². The number of rotatable bonds is 3. The Hall–Kier alpha value is -0.570. The zero-order chi connectivity index (χ0) is 13.2. The molecule has 3 unspecified atom stereocenters. The second-order valence-electron chi connectivity index (χ2n) is 6.66. The highest BCUT2D eigenvalue weighted by Gasteiger charge is 2.49. The van der Waals surface area contributed by atoms with Crippen molar-refractivity contribution in [3.8, 4) is 0 Å². The Labute approximate surface area is 111 Å². The van der Waals surface area contributed by atoms with E-state index in [0.29, 0.717) is 0 Å². The second-order valence-corrected chi connectivity index (χ2v) is 6.66. The minimum absolute atomic E-state index is 0.00908. The van der Waals surface area contributed by atoms with Gasteiger partial charge >= 0.3 is 5.97 Å². The third-order valence-corrected chi connectivity index (χ3v) is 4.84. The number of ether oxygens (including phenoxy) is 1. The third-order valence-electron chi connectivity index (χ3n) is 4.84. The Morgan fingerprint density at radius 1 is 1.50 bits per heavy atom. The van der Waals surface area contributed by atoms with Crippen LogP contribution in [0.4, 0.5) is 0 Å². The van der Waals surface area contributed by atoms with Crippen molar-refractivity contribution in [2.45, 2.75) is 46.0 Å². The number of carbonyl (C=O) groups is 1. The summed E-state index contributed by atoms with van der Waals surface area (Å²) in [6, 6.07) is 0. The average molecular weight is 253 g/mol. The van der Waals surface area contributed by atoms with E-state index in [9.17, 15) is 4.79 Å². The standard InChI is InChI=1S/C15H27NO2/c1-11(2)7-12-5-4-6-15(8-12)10-16-9-13(15)14(17)18-3/h11-13,16H,4-10H2,1-3H3. The Bertz CT molecular complexity index is 303. The second kappa shape index (κ2) is 5.60. The molecule has 3 heteroatoms. The first-order valence-corrected chi connectivity index (χ1v) is 7.36. The highest BCUT2D eigenvalue weighted by molar-refractivity contribution is 5.74. The molecule has 0 aromatic rings. The van der Waals surface area contributed by atoms with Crippen LogP contribution in [-0.2, 0) is 9.53 Å². The van der Waals surface area contributed by atoms with Gasteiger partial charge in [-0.15, -0.1) is 0 Å². The predicted molar refractivity (Wildman–Crippen MR) is 72.2 cm³/mol. The van der Waals surface area contributed by atoms with E-state index in [2.05, 4.69) is 19.2 Å². The lowest BCUT2D eigenvalue weighted by molar-refractivity contribution is -0.149. The van der Waals surface area contributed by atoms with Gasteiger partial charge in [0, 0.05) is 13.1 Å². The highest BCUT2D eigenvalue weighted by Crippen LogP contribution is 2.48. The van der Waals surface area contributed by atoms with Crippen molar-refractivity contribution < 1.29 is 9.53 Å². The van der Waals surface area contributed by atoms with Gasteiger partial charge in [-0.3, -0.25) is 4.79 Å². The van der Waals surface area contributed by atoms with Crippen LogP contribution in [0.1, 0.15) is 46.0 Å². The molecular formula is C15H27NO2. The van der Waals surface area contributed by atoms with E-state index in [4.69, 9.17) is 4.74 Å². The smallest absolute Gasteiger partial charge is 0.310 e. The first-order valence-electron chi connectivity index (χ1n) is 7.36. The van der Waals surface area contributed by atoms with Crippen LogP contribution in [0.15, 0.2) is 0 Å². The largest absolute Gasteiger partial charge is 0.469 e. The normalized spacial score (nSPS) is 36.2. The van der Waals surface area contributed by atoms with Crippen molar-refractivity contribution in [3.63, 3.8) is 0 Å². The van der Waals surface area contributed by atoms with E-state index < -0.39 is 0 Å². The molecule has 1 N–H and O–H groups in total. The summed E-state index contributed by atoms with van der Waals surface area (Å²) in [4.78, 5) is 12.0. The number of methoxy groups -OCH3 is 1. The van der Waals surface area contributed by atoms with Crippen LogP contribution < -0.4 is 5.32 Å². The number of nitrogens with one attached hydrogen (secondary N) is 1. The minimum Gasteiger partial charge on any atom is -0.469 e. The lowest BCUT2D eigenvalue weighted by Crippen LogP contribution is -2.40. The summed E-state index contributed by atoms with van der Waals surface area (Å²) in [5.41, 5.74) is 0.185. The first-order chi connectivity index (χ1) is 8.57. The Kier molecular flexibility index (Phi) is 4.31. The number of hydrogen-bond donors (Lipinski definition) is 1. The van der Waals surface area contributed by atoms with Gasteiger partial charge in [0.1, 0.15) is 0 Å². The van der Waals surface area contributed by atoms with Gasteiger partial charge in [-0.25, -0.2) is 0 Å². The highest BCUT2D eigenvalue weighted by atomic mass is 16.5. The molecule has 2 rings (SSSR count). The molecule has 2 aliphatic rings. The molecule has 1 heterocycles. The number of carbonyl (C=O) groups excluding carboxylic acids is 1. The quantitative estimate of drug-likeness (QED) is 0.786. The molecule has 1 spiro atoms. The van der Waals surface area contributed by atoms with Crippen molar-refractivity contribution in [2.75, 3.05) is 20.2 Å². The predicted octanol–water partition coefficient (Wildman–Crippen LogP) is 2.60. The first kappa shape index (κ1) is 13.9. The fraction of sp³-hybridized carbons (Fsp3) is 0.933. The summed E-state index contributed by atoms with van der Waals surface area (Å²) in [6.07, 6.45) is 6.31. The molecule has 1 saturated carbocycles. The number of hydrogen-bond acceptors (Lipinski definition) is 3. The van der Waals surface area contributed by atoms with Gasteiger partial charge in [-0.05, 0) is 36.5 Å². The summed E-state index contributed by atoms with van der Waals surface area (Å²) in [5.74, 6) is 1.63. The Morgan fingerprint density at radius 2 is 2.28 bits per heavy atom. The Balaban J connectivity index is 2.07. The zero-order valence-corrected chi connectivity index (χ0v) is 12.0. The third kappa shape index (κ3) is 2.71. The van der Waals surface area contributed by atoms with Gasteiger partial charge < -0.3 is 10.1 Å². The van der Waals surface area contributed by atoms with Crippen molar-refractivity contribution in [1.29, 1.82) is 0 Å². The molecule has 1 saturated heterocycles. The molecule has 0 aromatic carbocycles. The summed E-state index contributed by atoms with van der Waals surface area (Å²) < 4.78 is 5.00. The lowest BCUT2D eigenvalue weighted by atomic mass is 9.63. The molecule has 0 amide bonds. The Morgan fingerprint density at radius 3 is 2.94 bits per heavy atom. The molecule has 3 atom stereocenters. The van der Waals surface area contributed by atoms with Crippen molar-refractivity contribution >= 4 is 5.97 Å². The minimum atomic E-state index is -0.00908. The van der Waals surface area contributed by atoms with Crippen molar-refractivity contribution in [1.82, 2.24) is 5.32 Å². The molecule has 18 heavy (non-hydrogen) atoms. The van der Waals surface area contributed by atoms with E-state index in [1.807, 2.05) is 0 Å². The van der Waals surface area contributed by atoms with Crippen LogP contribution in [0.3, 0.4) is 0 Å². The van der Waals surface area contributed by atoms with E-state index in [0.717, 1.165) is 24.9 Å². The summed E-state index contributed by atoms with van der Waals surface area (Å²) in [5, 5.41) is 3.42. The lowest BCUT2D eigenvalue weighted by Gasteiger charge is -2.41. The monoisotopic (exact) mass is 253 g/mol. The summed E-state index contributed by atoms with van der Waals surface area (Å²) in [6.45, 7) is 6.40. The average Bonchev–Trinajstić information content (AvgIpc) is 2.70. The van der Waals surface area contributed by atoms with Crippen LogP contribution in [0.2, 0.25) is 0 Å². The molecule has 3 nitrogen and oxygen atoms in total. The molecule has 0 radical (unpaired) electrons. The molecular weight excluding hydrogens is 226 g/mol. The van der Waals surface area contributed by atoms with Crippen molar-refractivity contribution in [2.24, 2.45) is 23.2 Å². The van der Waals surface area contributed by atoms with Crippen molar-refractivity contribution in [3.05, 3.63) is 0 Å². The molecule has 1 aliphatic carbocycles. The fourth-order valence-corrected chi connectivity index (χ4v) is 4.15. The van der Waals surface area contributed by atoms with Crippen LogP contribution in [0.25, 0.3) is 0 Å². The van der Waals surface area contributed by atoms with Crippen LogP contribution in [0.5, 0.6) is 0 Å². The molecule has 0 bridgehead atoms. The van der Waals surface area contributed by atoms with E-state index in [1.165, 1.54) is 39.2 Å². The fourth-order valence-electron chi connectivity index (χ4n) is 4.15. The molecule has 104 valence electrons. The van der Waals surface area contributed by atoms with Crippen LogP contribution in [-0.4, -0.2) is 26.2 Å². The van der Waals surface area contributed by atoms with Gasteiger partial charge in [-0.1, -0.05) is 26.7 Å². The maximum atomic E-state index is 12.0. The van der Waals surface area contributed by atoms with E-state index >= 15 is 0 Å². The molecule has 2 fully saturated rings. The van der Waals surface area contributed by atoms with Gasteiger partial charge in [-0.2, -0.15) is 0 Å². The topological polar surface area (TPSA) is 38.3 Å². The zero-order valence-electron chi connectivity index (χ0n) is 12.0. The summed E-state index contributed by atoms with van der Waals surface area (Å²) >= 11 is 0. The van der Waals surface area contributed by atoms with Gasteiger partial charge in [0.25, 0.3) is 0 Å². The van der Waals surface area contributed by atoms with Gasteiger partial charge in [0.15, 0.2) is 0 Å². The van der Waals surface area contributed by atoms with Gasteiger partial charge in [0.2, 0.25) is 0 Å². The maximum absolute atomic E-state index is 12.0. The maximum Gasteiger partial charge on any atom is 0.310 e. The number of esters is 1. The van der Waals surface area contributed by atoms with Crippen LogP contribution in [0, 0.1) is 23.2 Å². The van der Waals surface area contributed by atoms with Crippen LogP contribution >= 0.6 is 0 Å². The molecule has 1 aliphatic heterocycles. The van der Waals surface area contributed by atoms with E-state index in [1.54, 1.807) is 0 Å². The summed E-state index contributed by atoms with van der Waals surface area (Å²) in [7, 11) is 1.52. The SMILES string of the molecule is COC(=O)C1CNCC12CCCC(CC(C)C)C2. The molecule has 0 aromatic heterocycles.